The van der Waals surface area contributed by atoms with Gasteiger partial charge in [0.05, 0.1) is 22.1 Å². The van der Waals surface area contributed by atoms with Crippen LogP contribution < -0.4 is 5.11 Å². The van der Waals surface area contributed by atoms with E-state index in [9.17, 15) is 9.90 Å². The Morgan fingerprint density at radius 3 is 2.62 bits per heavy atom. The first-order valence-corrected chi connectivity index (χ1v) is 7.05. The van der Waals surface area contributed by atoms with E-state index in [-0.39, 0.29) is 11.7 Å². The molecule has 1 aromatic rings. The van der Waals surface area contributed by atoms with E-state index >= 15 is 0 Å². The van der Waals surface area contributed by atoms with Gasteiger partial charge in [0.1, 0.15) is 12.4 Å². The lowest BCUT2D eigenvalue weighted by atomic mass is 10.1. The fraction of sp³-hybridized carbons (Fsp3) is 0.267. The first kappa shape index (κ1) is 15.1. The average molecular weight is 301 g/mol. The molecule has 0 aromatic heterocycles. The molecule has 0 atom stereocenters. The van der Waals surface area contributed by atoms with Crippen molar-refractivity contribution in [2.24, 2.45) is 4.99 Å². The van der Waals surface area contributed by atoms with E-state index in [0.717, 1.165) is 11.8 Å². The predicted octanol–water partition coefficient (Wildman–Crippen LogP) is 1.90. The molecule has 0 saturated carbocycles. The summed E-state index contributed by atoms with van der Waals surface area (Å²) in [7, 11) is 0. The lowest BCUT2D eigenvalue weighted by Gasteiger charge is -2.22. The van der Waals surface area contributed by atoms with E-state index in [1.165, 1.54) is 6.08 Å². The summed E-state index contributed by atoms with van der Waals surface area (Å²) in [5.74, 6) is 0.0432. The molecule has 5 nitrogen and oxygen atoms in total. The Morgan fingerprint density at radius 2 is 2.10 bits per heavy atom. The van der Waals surface area contributed by atoms with Crippen molar-refractivity contribution >= 4 is 28.5 Å². The number of rotatable bonds is 4. The van der Waals surface area contributed by atoms with Crippen LogP contribution in [0.4, 0.5) is 5.69 Å². The zero-order chi connectivity index (χ0) is 15.5. The van der Waals surface area contributed by atoms with Gasteiger partial charge in [-0.3, -0.25) is 9.79 Å². The summed E-state index contributed by atoms with van der Waals surface area (Å²) in [6.07, 6.45) is 1.40. The quantitative estimate of drug-likeness (QED) is 0.626. The third-order valence-electron chi connectivity index (χ3n) is 2.80. The smallest absolute Gasteiger partial charge is 0.216 e. The summed E-state index contributed by atoms with van der Waals surface area (Å²) in [5.41, 5.74) is 0.971. The van der Waals surface area contributed by atoms with Crippen molar-refractivity contribution in [1.82, 2.24) is 0 Å². The molecule has 0 bridgehead atoms. The molecule has 1 aliphatic heterocycles. The number of nitriles is 1. The summed E-state index contributed by atoms with van der Waals surface area (Å²) in [6, 6.07) is 8.35. The monoisotopic (exact) mass is 301 g/mol. The summed E-state index contributed by atoms with van der Waals surface area (Å²) in [5, 5.41) is 20.3. The second-order valence-electron chi connectivity index (χ2n) is 4.89. The Labute approximate surface area is 127 Å². The Kier molecular flexibility index (Phi) is 4.34. The molecule has 0 radical (unpaired) electrons. The van der Waals surface area contributed by atoms with Crippen LogP contribution in [0.2, 0.25) is 0 Å². The van der Waals surface area contributed by atoms with Crippen LogP contribution in [-0.4, -0.2) is 22.4 Å². The van der Waals surface area contributed by atoms with Gasteiger partial charge in [-0.1, -0.05) is 11.8 Å². The van der Waals surface area contributed by atoms with Gasteiger partial charge in [0, 0.05) is 12.0 Å². The Balaban J connectivity index is 2.00. The fourth-order valence-corrected chi connectivity index (χ4v) is 2.64. The maximum Gasteiger partial charge on any atom is 0.216 e. The van der Waals surface area contributed by atoms with Crippen LogP contribution in [0.25, 0.3) is 0 Å². The maximum atomic E-state index is 11.7. The highest BCUT2D eigenvalue weighted by Gasteiger charge is 2.34. The highest BCUT2D eigenvalue weighted by molar-refractivity contribution is 8.15. The minimum atomic E-state index is -0.453. The van der Waals surface area contributed by atoms with Gasteiger partial charge in [-0.2, -0.15) is 5.26 Å². The van der Waals surface area contributed by atoms with Crippen molar-refractivity contribution in [3.05, 3.63) is 41.7 Å². The molecule has 0 aliphatic carbocycles. The third-order valence-corrected chi connectivity index (χ3v) is 3.83. The van der Waals surface area contributed by atoms with Crippen LogP contribution in [-0.2, 0) is 9.53 Å². The Morgan fingerprint density at radius 1 is 1.43 bits per heavy atom. The van der Waals surface area contributed by atoms with Crippen molar-refractivity contribution in [3.63, 3.8) is 0 Å². The second-order valence-corrected chi connectivity index (χ2v) is 6.52. The maximum absolute atomic E-state index is 11.7. The summed E-state index contributed by atoms with van der Waals surface area (Å²) < 4.78 is 4.94. The van der Waals surface area contributed by atoms with Gasteiger partial charge in [0.25, 0.3) is 0 Å². The van der Waals surface area contributed by atoms with Crippen molar-refractivity contribution < 1.29 is 14.6 Å². The number of thioether (sulfide) groups is 1. The summed E-state index contributed by atoms with van der Waals surface area (Å²) in [4.78, 5) is 15.2. The Hall–Kier alpha value is -2.26. The Bertz CT molecular complexity index is 654. The molecule has 108 valence electrons. The molecule has 0 saturated heterocycles. The number of nitrogens with zero attached hydrogens (tertiary/aromatic N) is 2. The van der Waals surface area contributed by atoms with Crippen molar-refractivity contribution in [1.29, 1.82) is 5.26 Å². The SMILES string of the molecule is CC1(C)SC(=O)C=C1OCC([O-])=Nc1ccc(C#N)cc1. The highest BCUT2D eigenvalue weighted by atomic mass is 32.2. The topological polar surface area (TPSA) is 85.5 Å². The van der Waals surface area contributed by atoms with Gasteiger partial charge >= 0.3 is 0 Å². The van der Waals surface area contributed by atoms with Crippen LogP contribution in [0.1, 0.15) is 19.4 Å². The van der Waals surface area contributed by atoms with Crippen molar-refractivity contribution in [2.45, 2.75) is 18.6 Å². The van der Waals surface area contributed by atoms with Gasteiger partial charge < -0.3 is 9.84 Å². The molecule has 1 aromatic carbocycles. The molecular formula is C15H13N2O3S-. The predicted molar refractivity (Wildman–Crippen MR) is 79.0 cm³/mol. The summed E-state index contributed by atoms with van der Waals surface area (Å²) in [6.45, 7) is 3.50. The molecular weight excluding hydrogens is 288 g/mol. The summed E-state index contributed by atoms with van der Waals surface area (Å²) >= 11 is 1.16. The molecule has 0 spiro atoms. The van der Waals surface area contributed by atoms with Gasteiger partial charge in [0.2, 0.25) is 5.12 Å². The largest absolute Gasteiger partial charge is 0.859 e. The number of carbonyl (C=O) groups is 1. The molecule has 21 heavy (non-hydrogen) atoms. The molecule has 6 heteroatoms. The van der Waals surface area contributed by atoms with Gasteiger partial charge in [0.15, 0.2) is 0 Å². The normalized spacial score (nSPS) is 17.3. The van der Waals surface area contributed by atoms with Gasteiger partial charge in [-0.05, 0) is 38.1 Å². The highest BCUT2D eigenvalue weighted by Crippen LogP contribution is 2.39. The minimum Gasteiger partial charge on any atom is -0.859 e. The lowest BCUT2D eigenvalue weighted by Crippen LogP contribution is -2.26. The van der Waals surface area contributed by atoms with E-state index in [1.54, 1.807) is 24.3 Å². The van der Waals surface area contributed by atoms with E-state index < -0.39 is 10.6 Å². The molecule has 0 amide bonds. The first-order chi connectivity index (χ1) is 9.90. The molecule has 1 heterocycles. The molecule has 0 unspecified atom stereocenters. The third kappa shape index (κ3) is 3.86. The van der Waals surface area contributed by atoms with E-state index in [4.69, 9.17) is 10.00 Å². The van der Waals surface area contributed by atoms with Crippen molar-refractivity contribution in [3.8, 4) is 6.07 Å². The van der Waals surface area contributed by atoms with Crippen LogP contribution in [0, 0.1) is 11.3 Å². The van der Waals surface area contributed by atoms with Crippen LogP contribution in [0.5, 0.6) is 0 Å². The van der Waals surface area contributed by atoms with Gasteiger partial charge in [-0.15, -0.1) is 0 Å². The van der Waals surface area contributed by atoms with Crippen molar-refractivity contribution in [2.75, 3.05) is 6.61 Å². The van der Waals surface area contributed by atoms with Crippen LogP contribution in [0.3, 0.4) is 0 Å². The number of carbonyl (C=O) groups excluding carboxylic acids is 1. The molecule has 2 rings (SSSR count). The molecule has 0 fully saturated rings. The van der Waals surface area contributed by atoms with Crippen LogP contribution >= 0.6 is 11.8 Å². The number of hydrogen-bond acceptors (Lipinski definition) is 6. The van der Waals surface area contributed by atoms with Gasteiger partial charge in [-0.25, -0.2) is 0 Å². The standard InChI is InChI=1S/C15H14N2O3S/c1-15(2)12(7-14(19)21-15)20-9-13(18)17-11-5-3-10(8-16)4-6-11/h3-7H,9H2,1-2H3,(H,17,18)/p-1. The number of hydrogen-bond donors (Lipinski definition) is 0. The number of benzene rings is 1. The van der Waals surface area contributed by atoms with E-state index in [2.05, 4.69) is 4.99 Å². The first-order valence-electron chi connectivity index (χ1n) is 6.23. The average Bonchev–Trinajstić information content (AvgIpc) is 2.69. The zero-order valence-corrected chi connectivity index (χ0v) is 12.4. The minimum absolute atomic E-state index is 0.0773. The number of ether oxygens (including phenoxy) is 1. The van der Waals surface area contributed by atoms with Crippen LogP contribution in [0.15, 0.2) is 41.1 Å². The number of aliphatic imine (C=N–C) groups is 1. The molecule has 0 N–H and O–H groups in total. The second kappa shape index (κ2) is 6.02. The molecule has 1 aliphatic rings. The zero-order valence-electron chi connectivity index (χ0n) is 11.6. The van der Waals surface area contributed by atoms with E-state index in [1.807, 2.05) is 19.9 Å². The fourth-order valence-electron chi connectivity index (χ4n) is 1.75. The lowest BCUT2D eigenvalue weighted by molar-refractivity contribution is -0.222. The van der Waals surface area contributed by atoms with E-state index in [0.29, 0.717) is 17.0 Å².